The summed E-state index contributed by atoms with van der Waals surface area (Å²) in [5.41, 5.74) is 2.77. The van der Waals surface area contributed by atoms with Gasteiger partial charge in [-0.2, -0.15) is 0 Å². The number of rotatable bonds is 4. The Hall–Kier alpha value is -2.73. The van der Waals surface area contributed by atoms with E-state index in [1.807, 2.05) is 19.1 Å². The molecule has 2 N–H and O–H groups in total. The summed E-state index contributed by atoms with van der Waals surface area (Å²) in [5, 5.41) is 13.8. The molecule has 0 saturated heterocycles. The number of hydrogen-bond donors (Lipinski definition) is 2. The molecular weight excluding hydrogens is 306 g/mol. The molecule has 1 aliphatic heterocycles. The SMILES string of the molecule is C[C@H](C(=O)Nc1ccccc1[N+](=O)[O-])[NH+]1CCc2ccccc2C1. The van der Waals surface area contributed by atoms with Gasteiger partial charge >= 0.3 is 0 Å². The van der Waals surface area contributed by atoms with Gasteiger partial charge in [-0.15, -0.1) is 0 Å². The fourth-order valence-electron chi connectivity index (χ4n) is 3.14. The van der Waals surface area contributed by atoms with Crippen molar-refractivity contribution < 1.29 is 14.6 Å². The second kappa shape index (κ2) is 6.80. The van der Waals surface area contributed by atoms with Crippen molar-refractivity contribution in [3.05, 3.63) is 69.8 Å². The first-order valence-electron chi connectivity index (χ1n) is 8.02. The van der Waals surface area contributed by atoms with Gasteiger partial charge < -0.3 is 10.2 Å². The first-order chi connectivity index (χ1) is 11.6. The lowest BCUT2D eigenvalue weighted by Gasteiger charge is -2.30. The Morgan fingerprint density at radius 2 is 1.83 bits per heavy atom. The number of nitro groups is 1. The Morgan fingerprint density at radius 1 is 1.17 bits per heavy atom. The molecule has 124 valence electrons. The molecule has 3 rings (SSSR count). The minimum absolute atomic E-state index is 0.0861. The molecule has 2 aromatic carbocycles. The van der Waals surface area contributed by atoms with Crippen molar-refractivity contribution >= 4 is 17.3 Å². The van der Waals surface area contributed by atoms with Gasteiger partial charge in [0.2, 0.25) is 0 Å². The van der Waals surface area contributed by atoms with E-state index in [0.717, 1.165) is 19.5 Å². The van der Waals surface area contributed by atoms with Gasteiger partial charge in [0.25, 0.3) is 11.6 Å². The Morgan fingerprint density at radius 3 is 2.58 bits per heavy atom. The second-order valence-corrected chi connectivity index (χ2v) is 6.09. The smallest absolute Gasteiger partial charge is 0.292 e. The minimum atomic E-state index is -0.482. The maximum absolute atomic E-state index is 12.5. The Balaban J connectivity index is 1.71. The number of nitrogens with one attached hydrogen (secondary N) is 2. The fourth-order valence-corrected chi connectivity index (χ4v) is 3.14. The van der Waals surface area contributed by atoms with Crippen LogP contribution in [-0.2, 0) is 17.8 Å². The molecule has 1 amide bonds. The molecule has 1 unspecified atom stereocenters. The third-order valence-electron chi connectivity index (χ3n) is 4.62. The van der Waals surface area contributed by atoms with E-state index in [0.29, 0.717) is 0 Å². The van der Waals surface area contributed by atoms with Crippen LogP contribution in [0.4, 0.5) is 11.4 Å². The molecule has 24 heavy (non-hydrogen) atoms. The molecule has 1 aliphatic rings. The van der Waals surface area contributed by atoms with Gasteiger partial charge in [0.05, 0.1) is 11.5 Å². The number of amides is 1. The van der Waals surface area contributed by atoms with Gasteiger partial charge in [-0.1, -0.05) is 36.4 Å². The van der Waals surface area contributed by atoms with E-state index in [9.17, 15) is 14.9 Å². The average molecular weight is 326 g/mol. The van der Waals surface area contributed by atoms with Crippen molar-refractivity contribution in [3.8, 4) is 0 Å². The highest BCUT2D eigenvalue weighted by atomic mass is 16.6. The van der Waals surface area contributed by atoms with Gasteiger partial charge in [0, 0.05) is 18.1 Å². The van der Waals surface area contributed by atoms with Crippen LogP contribution >= 0.6 is 0 Å². The topological polar surface area (TPSA) is 76.7 Å². The predicted molar refractivity (Wildman–Crippen MR) is 90.9 cm³/mol. The Kier molecular flexibility index (Phi) is 4.57. The Labute approximate surface area is 140 Å². The molecule has 0 fully saturated rings. The maximum atomic E-state index is 12.5. The summed E-state index contributed by atoms with van der Waals surface area (Å²) < 4.78 is 0. The van der Waals surface area contributed by atoms with E-state index in [1.54, 1.807) is 18.2 Å². The third kappa shape index (κ3) is 3.28. The zero-order chi connectivity index (χ0) is 17.1. The van der Waals surface area contributed by atoms with Crippen molar-refractivity contribution in [2.75, 3.05) is 11.9 Å². The molecule has 0 radical (unpaired) electrons. The van der Waals surface area contributed by atoms with E-state index < -0.39 is 4.92 Å². The normalized spacial score (nSPS) is 17.6. The lowest BCUT2D eigenvalue weighted by Crippen LogP contribution is -3.16. The molecule has 2 aromatic rings. The Bertz CT molecular complexity index is 776. The van der Waals surface area contributed by atoms with Crippen LogP contribution < -0.4 is 10.2 Å². The van der Waals surface area contributed by atoms with Gasteiger partial charge in [0.15, 0.2) is 6.04 Å². The van der Waals surface area contributed by atoms with Crippen molar-refractivity contribution in [3.63, 3.8) is 0 Å². The first-order valence-corrected chi connectivity index (χ1v) is 8.02. The zero-order valence-electron chi connectivity index (χ0n) is 13.5. The largest absolute Gasteiger partial charge is 0.321 e. The van der Waals surface area contributed by atoms with Crippen LogP contribution in [0.5, 0.6) is 0 Å². The molecule has 6 nitrogen and oxygen atoms in total. The van der Waals surface area contributed by atoms with Crippen LogP contribution in [0.25, 0.3) is 0 Å². The van der Waals surface area contributed by atoms with Crippen LogP contribution in [0.3, 0.4) is 0 Å². The van der Waals surface area contributed by atoms with Crippen molar-refractivity contribution in [1.82, 2.24) is 0 Å². The van der Waals surface area contributed by atoms with Crippen LogP contribution in [0.1, 0.15) is 18.1 Å². The predicted octanol–water partition coefficient (Wildman–Crippen LogP) is 1.56. The monoisotopic (exact) mass is 326 g/mol. The highest BCUT2D eigenvalue weighted by molar-refractivity contribution is 5.95. The summed E-state index contributed by atoms with van der Waals surface area (Å²) in [7, 11) is 0. The molecule has 1 heterocycles. The van der Waals surface area contributed by atoms with Crippen LogP contribution in [0.15, 0.2) is 48.5 Å². The van der Waals surface area contributed by atoms with Gasteiger partial charge in [0.1, 0.15) is 12.2 Å². The molecule has 2 atom stereocenters. The van der Waals surface area contributed by atoms with Crippen LogP contribution in [0.2, 0.25) is 0 Å². The number of fused-ring (bicyclic) bond motifs is 1. The molecule has 0 aliphatic carbocycles. The minimum Gasteiger partial charge on any atom is -0.321 e. The molecule has 0 spiro atoms. The third-order valence-corrected chi connectivity index (χ3v) is 4.62. The molecule has 6 heteroatoms. The first kappa shape index (κ1) is 16.1. The number of carbonyl (C=O) groups is 1. The van der Waals surface area contributed by atoms with Crippen molar-refractivity contribution in [1.29, 1.82) is 0 Å². The van der Waals surface area contributed by atoms with Crippen LogP contribution in [0, 0.1) is 10.1 Å². The number of carbonyl (C=O) groups excluding carboxylic acids is 1. The summed E-state index contributed by atoms with van der Waals surface area (Å²) in [4.78, 5) is 24.3. The van der Waals surface area contributed by atoms with Crippen molar-refractivity contribution in [2.24, 2.45) is 0 Å². The molecule has 0 aromatic heterocycles. The van der Waals surface area contributed by atoms with Gasteiger partial charge in [-0.3, -0.25) is 14.9 Å². The maximum Gasteiger partial charge on any atom is 0.292 e. The van der Waals surface area contributed by atoms with E-state index in [2.05, 4.69) is 17.4 Å². The quantitative estimate of drug-likeness (QED) is 0.661. The summed E-state index contributed by atoms with van der Waals surface area (Å²) >= 11 is 0. The van der Waals surface area contributed by atoms with E-state index in [-0.39, 0.29) is 23.3 Å². The van der Waals surface area contributed by atoms with E-state index in [1.165, 1.54) is 22.1 Å². The molecule has 0 saturated carbocycles. The summed E-state index contributed by atoms with van der Waals surface area (Å²) in [6.45, 7) is 3.54. The van der Waals surface area contributed by atoms with E-state index in [4.69, 9.17) is 0 Å². The number of nitrogens with zero attached hydrogens (tertiary/aromatic N) is 1. The van der Waals surface area contributed by atoms with Crippen molar-refractivity contribution in [2.45, 2.75) is 25.9 Å². The second-order valence-electron chi connectivity index (χ2n) is 6.09. The number of hydrogen-bond acceptors (Lipinski definition) is 3. The number of benzene rings is 2. The lowest BCUT2D eigenvalue weighted by molar-refractivity contribution is -0.929. The number of para-hydroxylation sites is 2. The molecule has 0 bridgehead atoms. The number of anilines is 1. The molecular formula is C18H20N3O3+. The standard InChI is InChI=1S/C18H19N3O3/c1-13(20-11-10-14-6-2-3-7-15(14)12-20)18(22)19-16-8-4-5-9-17(16)21(23)24/h2-9,13H,10-12H2,1H3,(H,19,22)/p+1/t13-/m1/s1. The lowest BCUT2D eigenvalue weighted by atomic mass is 9.99. The fraction of sp³-hybridized carbons (Fsp3) is 0.278. The van der Waals surface area contributed by atoms with E-state index >= 15 is 0 Å². The van der Waals surface area contributed by atoms with Crippen LogP contribution in [-0.4, -0.2) is 23.4 Å². The number of quaternary nitrogens is 1. The zero-order valence-corrected chi connectivity index (χ0v) is 13.5. The van der Waals surface area contributed by atoms with Gasteiger partial charge in [-0.25, -0.2) is 0 Å². The highest BCUT2D eigenvalue weighted by Crippen LogP contribution is 2.23. The summed E-state index contributed by atoms with van der Waals surface area (Å²) in [6, 6.07) is 14.2. The highest BCUT2D eigenvalue weighted by Gasteiger charge is 2.29. The average Bonchev–Trinajstić information content (AvgIpc) is 2.61. The van der Waals surface area contributed by atoms with Gasteiger partial charge in [-0.05, 0) is 18.6 Å². The number of nitro benzene ring substituents is 1. The summed E-state index contributed by atoms with van der Waals surface area (Å²) in [5.74, 6) is -0.196. The summed E-state index contributed by atoms with van der Waals surface area (Å²) in [6.07, 6.45) is 0.939.